The zero-order chi connectivity index (χ0) is 15.4. The van der Waals surface area contributed by atoms with Crippen LogP contribution in [0.15, 0.2) is 22.7 Å². The summed E-state index contributed by atoms with van der Waals surface area (Å²) in [5.41, 5.74) is 0.571. The van der Waals surface area contributed by atoms with Crippen molar-refractivity contribution in [3.05, 3.63) is 28.2 Å². The number of urea groups is 1. The molecular weight excluding hydrogens is 340 g/mol. The highest BCUT2D eigenvalue weighted by Crippen LogP contribution is 2.22. The zero-order valence-electron chi connectivity index (χ0n) is 11.6. The van der Waals surface area contributed by atoms with E-state index in [2.05, 4.69) is 21.2 Å². The summed E-state index contributed by atoms with van der Waals surface area (Å²) in [7, 11) is 1.64. The number of carbonyl (C=O) groups is 2. The number of aromatic carboxylic acids is 1. The Morgan fingerprint density at radius 3 is 2.90 bits per heavy atom. The maximum atomic E-state index is 12.2. The van der Waals surface area contributed by atoms with Crippen molar-refractivity contribution >= 4 is 33.6 Å². The second kappa shape index (κ2) is 6.91. The van der Waals surface area contributed by atoms with Crippen molar-refractivity contribution in [1.82, 2.24) is 4.90 Å². The number of carboxylic acids is 1. The number of methoxy groups -OCH3 is 1. The number of hydrogen-bond donors (Lipinski definition) is 2. The summed E-state index contributed by atoms with van der Waals surface area (Å²) in [4.78, 5) is 24.9. The fourth-order valence-electron chi connectivity index (χ4n) is 2.28. The minimum atomic E-state index is -1.05. The van der Waals surface area contributed by atoms with Gasteiger partial charge in [-0.3, -0.25) is 0 Å². The standard InChI is InChI=1S/C14H17BrN2O4/c1-21-10-3-2-6-17(8-10)14(20)16-9-4-5-12(15)11(7-9)13(18)19/h4-5,7,10H,2-3,6,8H2,1H3,(H,16,20)(H,18,19). The van der Waals surface area contributed by atoms with E-state index in [0.29, 0.717) is 23.2 Å². The zero-order valence-corrected chi connectivity index (χ0v) is 13.2. The van der Waals surface area contributed by atoms with Gasteiger partial charge in [-0.1, -0.05) is 0 Å². The molecule has 1 aliphatic rings. The molecule has 0 radical (unpaired) electrons. The van der Waals surface area contributed by atoms with Crippen LogP contribution in [0.2, 0.25) is 0 Å². The van der Waals surface area contributed by atoms with Crippen LogP contribution < -0.4 is 5.32 Å². The van der Waals surface area contributed by atoms with Crippen molar-refractivity contribution in [3.63, 3.8) is 0 Å². The van der Waals surface area contributed by atoms with Gasteiger partial charge in [-0.05, 0) is 47.0 Å². The molecule has 1 unspecified atom stereocenters. The van der Waals surface area contributed by atoms with Crippen molar-refractivity contribution in [2.24, 2.45) is 0 Å². The molecule has 0 aromatic heterocycles. The smallest absolute Gasteiger partial charge is 0.336 e. The first-order chi connectivity index (χ1) is 10.0. The van der Waals surface area contributed by atoms with Gasteiger partial charge in [-0.25, -0.2) is 9.59 Å². The summed E-state index contributed by atoms with van der Waals surface area (Å²) in [6, 6.07) is 4.46. The Bertz CT molecular complexity index is 550. The quantitative estimate of drug-likeness (QED) is 0.872. The molecule has 114 valence electrons. The summed E-state index contributed by atoms with van der Waals surface area (Å²) in [6.07, 6.45) is 1.90. The SMILES string of the molecule is COC1CCCN(C(=O)Nc2ccc(Br)c(C(=O)O)c2)C1. The summed E-state index contributed by atoms with van der Waals surface area (Å²) in [5, 5.41) is 11.8. The number of benzene rings is 1. The van der Waals surface area contributed by atoms with Gasteiger partial charge in [-0.15, -0.1) is 0 Å². The third-order valence-corrected chi connectivity index (χ3v) is 4.14. The second-order valence-corrected chi connectivity index (χ2v) is 5.73. The molecule has 2 amide bonds. The van der Waals surface area contributed by atoms with E-state index in [9.17, 15) is 9.59 Å². The summed E-state index contributed by atoms with van der Waals surface area (Å²) < 4.78 is 5.76. The Morgan fingerprint density at radius 2 is 2.24 bits per heavy atom. The summed E-state index contributed by atoms with van der Waals surface area (Å²) in [5.74, 6) is -1.05. The molecule has 1 aromatic rings. The number of likely N-dealkylation sites (tertiary alicyclic amines) is 1. The molecule has 1 aromatic carbocycles. The van der Waals surface area contributed by atoms with Crippen molar-refractivity contribution in [2.75, 3.05) is 25.5 Å². The highest BCUT2D eigenvalue weighted by Gasteiger charge is 2.23. The van der Waals surface area contributed by atoms with Gasteiger partial charge in [0.1, 0.15) is 0 Å². The van der Waals surface area contributed by atoms with Gasteiger partial charge in [0.25, 0.3) is 0 Å². The number of nitrogens with zero attached hydrogens (tertiary/aromatic N) is 1. The van der Waals surface area contributed by atoms with Crippen LogP contribution in [0.25, 0.3) is 0 Å². The van der Waals surface area contributed by atoms with Crippen LogP contribution >= 0.6 is 15.9 Å². The first kappa shape index (κ1) is 15.8. The largest absolute Gasteiger partial charge is 0.478 e. The fourth-order valence-corrected chi connectivity index (χ4v) is 2.70. The Kier molecular flexibility index (Phi) is 5.19. The maximum absolute atomic E-state index is 12.2. The molecule has 7 heteroatoms. The molecule has 2 rings (SSSR count). The van der Waals surface area contributed by atoms with Crippen LogP contribution in [0.5, 0.6) is 0 Å². The third kappa shape index (κ3) is 3.95. The first-order valence-electron chi connectivity index (χ1n) is 6.63. The van der Waals surface area contributed by atoms with Crippen LogP contribution in [0, 0.1) is 0 Å². The maximum Gasteiger partial charge on any atom is 0.336 e. The number of rotatable bonds is 3. The predicted octanol–water partition coefficient (Wildman–Crippen LogP) is 2.79. The van der Waals surface area contributed by atoms with Crippen molar-refractivity contribution < 1.29 is 19.4 Å². The van der Waals surface area contributed by atoms with Gasteiger partial charge in [-0.2, -0.15) is 0 Å². The lowest BCUT2D eigenvalue weighted by molar-refractivity contribution is 0.0458. The molecule has 1 aliphatic heterocycles. The fraction of sp³-hybridized carbons (Fsp3) is 0.429. The molecule has 1 fully saturated rings. The van der Waals surface area contributed by atoms with Crippen molar-refractivity contribution in [2.45, 2.75) is 18.9 Å². The Labute approximate surface area is 131 Å². The van der Waals surface area contributed by atoms with E-state index in [1.54, 1.807) is 24.1 Å². The third-order valence-electron chi connectivity index (χ3n) is 3.45. The van der Waals surface area contributed by atoms with Gasteiger partial charge in [0.2, 0.25) is 0 Å². The number of carbonyl (C=O) groups excluding carboxylic acids is 1. The number of anilines is 1. The molecule has 1 atom stereocenters. The summed E-state index contributed by atoms with van der Waals surface area (Å²) in [6.45, 7) is 1.22. The molecule has 6 nitrogen and oxygen atoms in total. The van der Waals surface area contributed by atoms with Crippen molar-refractivity contribution in [1.29, 1.82) is 0 Å². The Morgan fingerprint density at radius 1 is 1.48 bits per heavy atom. The molecule has 1 heterocycles. The molecule has 1 saturated heterocycles. The van der Waals surface area contributed by atoms with E-state index >= 15 is 0 Å². The number of halogens is 1. The topological polar surface area (TPSA) is 78.9 Å². The number of ether oxygens (including phenoxy) is 1. The van der Waals surface area contributed by atoms with Crippen LogP contribution in [0.4, 0.5) is 10.5 Å². The molecule has 2 N–H and O–H groups in total. The second-order valence-electron chi connectivity index (χ2n) is 4.88. The molecular formula is C14H17BrN2O4. The van der Waals surface area contributed by atoms with Gasteiger partial charge in [0.05, 0.1) is 11.7 Å². The van der Waals surface area contributed by atoms with Crippen LogP contribution in [-0.2, 0) is 4.74 Å². The van der Waals surface area contributed by atoms with E-state index in [0.717, 1.165) is 12.8 Å². The van der Waals surface area contributed by atoms with E-state index in [-0.39, 0.29) is 17.7 Å². The molecule has 0 bridgehead atoms. The molecule has 0 saturated carbocycles. The lowest BCUT2D eigenvalue weighted by Gasteiger charge is -2.31. The number of nitrogens with one attached hydrogen (secondary N) is 1. The first-order valence-corrected chi connectivity index (χ1v) is 7.42. The minimum absolute atomic E-state index is 0.0593. The average Bonchev–Trinajstić information content (AvgIpc) is 2.49. The van der Waals surface area contributed by atoms with Gasteiger partial charge < -0.3 is 20.1 Å². The number of carboxylic acid groups (broad SMARTS) is 1. The number of amides is 2. The lowest BCUT2D eigenvalue weighted by Crippen LogP contribution is -2.44. The molecule has 21 heavy (non-hydrogen) atoms. The minimum Gasteiger partial charge on any atom is -0.478 e. The number of hydrogen-bond acceptors (Lipinski definition) is 3. The number of piperidine rings is 1. The van der Waals surface area contributed by atoms with Crippen LogP contribution in [-0.4, -0.2) is 48.3 Å². The highest BCUT2D eigenvalue weighted by molar-refractivity contribution is 9.10. The van der Waals surface area contributed by atoms with Gasteiger partial charge in [0, 0.05) is 30.4 Å². The van der Waals surface area contributed by atoms with E-state index in [1.165, 1.54) is 6.07 Å². The molecule has 0 spiro atoms. The Hall–Kier alpha value is -1.60. The van der Waals surface area contributed by atoms with Crippen molar-refractivity contribution in [3.8, 4) is 0 Å². The predicted molar refractivity (Wildman–Crippen MR) is 81.7 cm³/mol. The van der Waals surface area contributed by atoms with E-state index in [4.69, 9.17) is 9.84 Å². The normalized spacial score (nSPS) is 18.4. The van der Waals surface area contributed by atoms with Gasteiger partial charge >= 0.3 is 12.0 Å². The molecule has 0 aliphatic carbocycles. The monoisotopic (exact) mass is 356 g/mol. The summed E-state index contributed by atoms with van der Waals surface area (Å²) >= 11 is 3.17. The van der Waals surface area contributed by atoms with E-state index in [1.807, 2.05) is 0 Å². The highest BCUT2D eigenvalue weighted by atomic mass is 79.9. The lowest BCUT2D eigenvalue weighted by atomic mass is 10.1. The van der Waals surface area contributed by atoms with E-state index < -0.39 is 5.97 Å². The van der Waals surface area contributed by atoms with Crippen LogP contribution in [0.1, 0.15) is 23.2 Å². The van der Waals surface area contributed by atoms with Gasteiger partial charge in [0.15, 0.2) is 0 Å². The Balaban J connectivity index is 2.05. The average molecular weight is 357 g/mol. The van der Waals surface area contributed by atoms with Crippen LogP contribution in [0.3, 0.4) is 0 Å².